The predicted octanol–water partition coefficient (Wildman–Crippen LogP) is 3.66. The van der Waals surface area contributed by atoms with Crippen molar-refractivity contribution in [2.24, 2.45) is 0 Å². The number of carbonyl (C=O) groups is 1. The van der Waals surface area contributed by atoms with Gasteiger partial charge in [-0.3, -0.25) is 4.79 Å². The van der Waals surface area contributed by atoms with Gasteiger partial charge in [0, 0.05) is 12.2 Å². The van der Waals surface area contributed by atoms with Crippen molar-refractivity contribution >= 4 is 23.2 Å². The lowest BCUT2D eigenvalue weighted by Crippen LogP contribution is -2.18. The molecule has 0 spiro atoms. The number of aryl methyl sites for hydroxylation is 1. The van der Waals surface area contributed by atoms with E-state index in [1.807, 2.05) is 43.3 Å². The minimum Gasteiger partial charge on any atom is -0.324 e. The van der Waals surface area contributed by atoms with Gasteiger partial charge in [0.1, 0.15) is 0 Å². The molecule has 0 radical (unpaired) electrons. The lowest BCUT2D eigenvalue weighted by atomic mass is 10.1. The van der Waals surface area contributed by atoms with Gasteiger partial charge in [-0.25, -0.2) is 0 Å². The zero-order valence-electron chi connectivity index (χ0n) is 14.6. The summed E-state index contributed by atoms with van der Waals surface area (Å²) in [6.45, 7) is 2.92. The van der Waals surface area contributed by atoms with Crippen LogP contribution in [0.1, 0.15) is 16.7 Å². The van der Waals surface area contributed by atoms with Crippen LogP contribution >= 0.6 is 0 Å². The van der Waals surface area contributed by atoms with Crippen molar-refractivity contribution in [3.05, 3.63) is 77.4 Å². The number of fused-ring (bicyclic) bond motifs is 1. The molecule has 26 heavy (non-hydrogen) atoms. The SMILES string of the molecule is Cc1ccc(CC(=O)Nc2ccc(N3CCc4ccccc43)nn2)cc1. The minimum absolute atomic E-state index is 0.0950. The van der Waals surface area contributed by atoms with Crippen LogP contribution in [-0.2, 0) is 17.6 Å². The zero-order valence-corrected chi connectivity index (χ0v) is 14.6. The van der Waals surface area contributed by atoms with Gasteiger partial charge in [-0.05, 0) is 42.7 Å². The summed E-state index contributed by atoms with van der Waals surface area (Å²) in [5.41, 5.74) is 4.66. The van der Waals surface area contributed by atoms with Gasteiger partial charge in [0.05, 0.1) is 6.42 Å². The molecule has 130 valence electrons. The van der Waals surface area contributed by atoms with E-state index in [0.29, 0.717) is 12.2 Å². The van der Waals surface area contributed by atoms with Gasteiger partial charge < -0.3 is 10.2 Å². The molecule has 0 atom stereocenters. The molecule has 5 nitrogen and oxygen atoms in total. The summed E-state index contributed by atoms with van der Waals surface area (Å²) in [6.07, 6.45) is 1.33. The number of hydrogen-bond acceptors (Lipinski definition) is 4. The highest BCUT2D eigenvalue weighted by Crippen LogP contribution is 2.32. The Labute approximate surface area is 152 Å². The van der Waals surface area contributed by atoms with Crippen LogP contribution < -0.4 is 10.2 Å². The van der Waals surface area contributed by atoms with Crippen LogP contribution in [0.15, 0.2) is 60.7 Å². The predicted molar refractivity (Wildman–Crippen MR) is 103 cm³/mol. The van der Waals surface area contributed by atoms with Crippen LogP contribution in [0.2, 0.25) is 0 Å². The molecule has 1 amide bonds. The summed E-state index contributed by atoms with van der Waals surface area (Å²) in [6, 6.07) is 20.0. The van der Waals surface area contributed by atoms with Gasteiger partial charge in [-0.15, -0.1) is 10.2 Å². The number of amides is 1. The van der Waals surface area contributed by atoms with Gasteiger partial charge in [-0.1, -0.05) is 48.0 Å². The molecule has 0 saturated heterocycles. The maximum absolute atomic E-state index is 12.2. The Morgan fingerprint density at radius 3 is 2.62 bits per heavy atom. The van der Waals surface area contributed by atoms with E-state index in [-0.39, 0.29) is 5.91 Å². The number of aromatic nitrogens is 2. The molecule has 0 unspecified atom stereocenters. The van der Waals surface area contributed by atoms with Crippen molar-refractivity contribution in [1.82, 2.24) is 10.2 Å². The van der Waals surface area contributed by atoms with Gasteiger partial charge in [0.2, 0.25) is 5.91 Å². The normalized spacial score (nSPS) is 12.7. The van der Waals surface area contributed by atoms with Crippen molar-refractivity contribution in [1.29, 1.82) is 0 Å². The molecule has 0 bridgehead atoms. The molecule has 0 aliphatic carbocycles. The number of nitrogens with zero attached hydrogens (tertiary/aromatic N) is 3. The first-order valence-electron chi connectivity index (χ1n) is 8.73. The molecule has 1 aliphatic heterocycles. The Hall–Kier alpha value is -3.21. The Balaban J connectivity index is 1.42. The van der Waals surface area contributed by atoms with Crippen molar-refractivity contribution in [2.45, 2.75) is 19.8 Å². The summed E-state index contributed by atoms with van der Waals surface area (Å²) in [5.74, 6) is 1.17. The quantitative estimate of drug-likeness (QED) is 0.785. The van der Waals surface area contributed by atoms with Gasteiger partial charge in [-0.2, -0.15) is 0 Å². The van der Waals surface area contributed by atoms with Gasteiger partial charge in [0.15, 0.2) is 11.6 Å². The second-order valence-electron chi connectivity index (χ2n) is 6.52. The fourth-order valence-corrected chi connectivity index (χ4v) is 3.19. The lowest BCUT2D eigenvalue weighted by Gasteiger charge is -2.17. The molecule has 2 heterocycles. The number of anilines is 3. The van der Waals surface area contributed by atoms with Crippen LogP contribution in [0.3, 0.4) is 0 Å². The van der Waals surface area contributed by atoms with Crippen molar-refractivity contribution in [2.75, 3.05) is 16.8 Å². The first kappa shape index (κ1) is 16.3. The van der Waals surface area contributed by atoms with E-state index >= 15 is 0 Å². The smallest absolute Gasteiger partial charge is 0.229 e. The number of carbonyl (C=O) groups excluding carboxylic acids is 1. The first-order chi connectivity index (χ1) is 12.7. The molecule has 0 fully saturated rings. The molecule has 5 heteroatoms. The van der Waals surface area contributed by atoms with Crippen LogP contribution in [0, 0.1) is 6.92 Å². The molecule has 1 N–H and O–H groups in total. The van der Waals surface area contributed by atoms with E-state index in [9.17, 15) is 4.79 Å². The van der Waals surface area contributed by atoms with E-state index < -0.39 is 0 Å². The molecule has 1 aromatic heterocycles. The van der Waals surface area contributed by atoms with E-state index in [1.54, 1.807) is 6.07 Å². The number of para-hydroxylation sites is 1. The number of hydrogen-bond donors (Lipinski definition) is 1. The molecule has 2 aromatic carbocycles. The third-order valence-electron chi connectivity index (χ3n) is 4.57. The number of benzene rings is 2. The second kappa shape index (κ2) is 6.96. The lowest BCUT2D eigenvalue weighted by molar-refractivity contribution is -0.115. The van der Waals surface area contributed by atoms with Crippen molar-refractivity contribution < 1.29 is 4.79 Å². The summed E-state index contributed by atoms with van der Waals surface area (Å²) in [4.78, 5) is 14.3. The molecular weight excluding hydrogens is 324 g/mol. The average molecular weight is 344 g/mol. The third kappa shape index (κ3) is 3.42. The molecule has 4 rings (SSSR count). The van der Waals surface area contributed by atoms with Crippen molar-refractivity contribution in [3.63, 3.8) is 0 Å². The standard InChI is InChI=1S/C21H20N4O/c1-15-6-8-16(9-7-15)14-21(26)22-19-10-11-20(24-23-19)25-13-12-17-4-2-3-5-18(17)25/h2-11H,12-14H2,1H3,(H,22,23,26). The second-order valence-corrected chi connectivity index (χ2v) is 6.52. The summed E-state index contributed by atoms with van der Waals surface area (Å²) in [7, 11) is 0. The number of rotatable bonds is 4. The van der Waals surface area contributed by atoms with Crippen LogP contribution in [0.4, 0.5) is 17.3 Å². The van der Waals surface area contributed by atoms with E-state index in [0.717, 1.165) is 24.3 Å². The molecule has 0 saturated carbocycles. The van der Waals surface area contributed by atoms with Crippen LogP contribution in [-0.4, -0.2) is 22.6 Å². The monoisotopic (exact) mass is 344 g/mol. The van der Waals surface area contributed by atoms with Crippen LogP contribution in [0.5, 0.6) is 0 Å². The molecular formula is C21H20N4O. The fourth-order valence-electron chi connectivity index (χ4n) is 3.19. The topological polar surface area (TPSA) is 58.1 Å². The van der Waals surface area contributed by atoms with Gasteiger partial charge >= 0.3 is 0 Å². The highest BCUT2D eigenvalue weighted by molar-refractivity contribution is 5.91. The highest BCUT2D eigenvalue weighted by atomic mass is 16.1. The summed E-state index contributed by atoms with van der Waals surface area (Å²) >= 11 is 0. The van der Waals surface area contributed by atoms with E-state index in [2.05, 4.69) is 38.6 Å². The van der Waals surface area contributed by atoms with E-state index in [4.69, 9.17) is 0 Å². The average Bonchev–Trinajstić information content (AvgIpc) is 3.08. The Kier molecular flexibility index (Phi) is 4.35. The maximum atomic E-state index is 12.2. The fraction of sp³-hybridized carbons (Fsp3) is 0.190. The number of nitrogens with one attached hydrogen (secondary N) is 1. The molecule has 1 aliphatic rings. The zero-order chi connectivity index (χ0) is 17.9. The minimum atomic E-state index is -0.0950. The highest BCUT2D eigenvalue weighted by Gasteiger charge is 2.21. The summed E-state index contributed by atoms with van der Waals surface area (Å²) < 4.78 is 0. The Morgan fingerprint density at radius 1 is 1.04 bits per heavy atom. The van der Waals surface area contributed by atoms with Crippen LogP contribution in [0.25, 0.3) is 0 Å². The Morgan fingerprint density at radius 2 is 1.85 bits per heavy atom. The largest absolute Gasteiger partial charge is 0.324 e. The van der Waals surface area contributed by atoms with E-state index in [1.165, 1.54) is 16.8 Å². The summed E-state index contributed by atoms with van der Waals surface area (Å²) in [5, 5.41) is 11.3. The molecule has 3 aromatic rings. The first-order valence-corrected chi connectivity index (χ1v) is 8.73. The third-order valence-corrected chi connectivity index (χ3v) is 4.57. The maximum Gasteiger partial charge on any atom is 0.229 e. The Bertz CT molecular complexity index is 920. The van der Waals surface area contributed by atoms with Crippen molar-refractivity contribution in [3.8, 4) is 0 Å². The van der Waals surface area contributed by atoms with Gasteiger partial charge in [0.25, 0.3) is 0 Å².